The van der Waals surface area contributed by atoms with Gasteiger partial charge in [-0.2, -0.15) is 0 Å². The quantitative estimate of drug-likeness (QED) is 0.506. The van der Waals surface area contributed by atoms with Gasteiger partial charge in [-0.1, -0.05) is 30.7 Å². The second kappa shape index (κ2) is 10.5. The third-order valence-electron chi connectivity index (χ3n) is 5.92. The zero-order valence-corrected chi connectivity index (χ0v) is 20.2. The van der Waals surface area contributed by atoms with Gasteiger partial charge in [0.05, 0.1) is 4.53 Å². The van der Waals surface area contributed by atoms with Crippen molar-refractivity contribution < 1.29 is 14.0 Å². The Morgan fingerprint density at radius 3 is 2.38 bits per heavy atom. The lowest BCUT2D eigenvalue weighted by molar-refractivity contribution is -0.133. The summed E-state index contributed by atoms with van der Waals surface area (Å²) in [6.45, 7) is 3.35. The number of ketones is 1. The Bertz CT molecular complexity index is 1370. The number of rotatable bonds is 5. The second-order valence-corrected chi connectivity index (χ2v) is 9.97. The summed E-state index contributed by atoms with van der Waals surface area (Å²) in [7, 11) is 0. The highest BCUT2D eigenvalue weighted by molar-refractivity contribution is 7.07. The van der Waals surface area contributed by atoms with Gasteiger partial charge in [0.1, 0.15) is 17.0 Å². The Morgan fingerprint density at radius 2 is 1.74 bits per heavy atom. The normalized spacial score (nSPS) is 15.7. The molecule has 0 atom stereocenters. The van der Waals surface area contributed by atoms with Gasteiger partial charge in [0, 0.05) is 29.8 Å². The molecule has 1 aliphatic rings. The van der Waals surface area contributed by atoms with E-state index in [1.165, 1.54) is 22.8 Å². The molecule has 1 fully saturated rings. The average molecular weight is 499 g/mol. The number of nitrogens with zero attached hydrogens (tertiary/aromatic N) is 2. The molecule has 2 aromatic carbocycles. The number of aromatic nitrogens is 1. The lowest BCUT2D eigenvalue weighted by atomic mass is 9.99. The van der Waals surface area contributed by atoms with Gasteiger partial charge < -0.3 is 4.90 Å². The number of hydrogen-bond acceptors (Lipinski definition) is 4. The van der Waals surface area contributed by atoms with Crippen molar-refractivity contribution in [1.29, 1.82) is 0 Å². The molecule has 0 bridgehead atoms. The maximum Gasteiger partial charge on any atom is 0.269 e. The van der Waals surface area contributed by atoms with Crippen molar-refractivity contribution in [2.45, 2.75) is 26.3 Å². The van der Waals surface area contributed by atoms with Crippen LogP contribution in [-0.2, 0) is 11.3 Å². The van der Waals surface area contributed by atoms with Crippen molar-refractivity contribution >= 4 is 46.8 Å². The van der Waals surface area contributed by atoms with Crippen molar-refractivity contribution in [3.8, 4) is 0 Å². The third kappa shape index (κ3) is 5.72. The lowest BCUT2D eigenvalue weighted by Crippen LogP contribution is -2.43. The van der Waals surface area contributed by atoms with E-state index in [0.29, 0.717) is 44.4 Å². The number of thiazole rings is 1. The van der Waals surface area contributed by atoms with E-state index in [1.54, 1.807) is 47.4 Å². The van der Waals surface area contributed by atoms with Crippen LogP contribution in [-0.4, -0.2) is 34.2 Å². The van der Waals surface area contributed by atoms with Crippen LogP contribution in [0.2, 0.25) is 5.02 Å². The largest absolute Gasteiger partial charge is 0.341 e. The van der Waals surface area contributed by atoms with Gasteiger partial charge >= 0.3 is 0 Å². The molecule has 1 saturated heterocycles. The Hall–Kier alpha value is -3.03. The number of Topliss-reactive ketones (excluding diaryl/α,β-unsaturated/α-hetero) is 1. The first-order valence-electron chi connectivity index (χ1n) is 11.1. The molecule has 1 aliphatic heterocycles. The minimum absolute atomic E-state index is 0.138. The molecule has 176 valence electrons. The highest BCUT2D eigenvalue weighted by Gasteiger charge is 2.21. The summed E-state index contributed by atoms with van der Waals surface area (Å²) in [5.74, 6) is -0.233. The van der Waals surface area contributed by atoms with E-state index in [1.807, 2.05) is 0 Å². The van der Waals surface area contributed by atoms with Crippen LogP contribution in [0.3, 0.4) is 0 Å². The maximum absolute atomic E-state index is 13.3. The first-order valence-corrected chi connectivity index (χ1v) is 12.3. The highest BCUT2D eigenvalue weighted by atomic mass is 35.5. The zero-order valence-electron chi connectivity index (χ0n) is 18.7. The van der Waals surface area contributed by atoms with Crippen LogP contribution in [0.15, 0.2) is 53.3 Å². The molecule has 34 heavy (non-hydrogen) atoms. The maximum atomic E-state index is 13.3. The molecule has 3 aromatic rings. The van der Waals surface area contributed by atoms with Crippen molar-refractivity contribution in [1.82, 2.24) is 9.47 Å². The number of piperidine rings is 1. The van der Waals surface area contributed by atoms with E-state index in [0.717, 1.165) is 24.2 Å². The Balaban J connectivity index is 1.74. The van der Waals surface area contributed by atoms with Crippen LogP contribution in [0.25, 0.3) is 12.2 Å². The smallest absolute Gasteiger partial charge is 0.269 e. The van der Waals surface area contributed by atoms with Gasteiger partial charge in [0.15, 0.2) is 5.78 Å². The lowest BCUT2D eigenvalue weighted by Gasteiger charge is -2.30. The third-order valence-corrected chi connectivity index (χ3v) is 7.23. The summed E-state index contributed by atoms with van der Waals surface area (Å²) in [6.07, 6.45) is 4.88. The highest BCUT2D eigenvalue weighted by Crippen LogP contribution is 2.16. The Kier molecular flexibility index (Phi) is 7.44. The van der Waals surface area contributed by atoms with Crippen LogP contribution in [0.4, 0.5) is 4.39 Å². The van der Waals surface area contributed by atoms with E-state index in [2.05, 4.69) is 6.92 Å². The molecule has 5 nitrogen and oxygen atoms in total. The minimum Gasteiger partial charge on any atom is -0.341 e. The molecule has 0 aliphatic carbocycles. The van der Waals surface area contributed by atoms with Gasteiger partial charge in [-0.15, -0.1) is 11.3 Å². The van der Waals surface area contributed by atoms with Crippen molar-refractivity contribution in [3.05, 3.63) is 90.0 Å². The van der Waals surface area contributed by atoms with Gasteiger partial charge in [-0.05, 0) is 66.8 Å². The molecule has 0 unspecified atom stereocenters. The number of carbonyl (C=O) groups excluding carboxylic acids is 2. The fraction of sp³-hybridized carbons (Fsp3) is 0.269. The molecule has 0 N–H and O–H groups in total. The first-order chi connectivity index (χ1) is 16.3. The van der Waals surface area contributed by atoms with E-state index in [-0.39, 0.29) is 29.6 Å². The van der Waals surface area contributed by atoms with E-state index < -0.39 is 0 Å². The van der Waals surface area contributed by atoms with Gasteiger partial charge in [-0.3, -0.25) is 19.0 Å². The van der Waals surface area contributed by atoms with Crippen LogP contribution in [0, 0.1) is 11.7 Å². The van der Waals surface area contributed by atoms with Crippen LogP contribution in [0.1, 0.15) is 35.7 Å². The molecular weight excluding hydrogens is 475 g/mol. The number of carbonyl (C=O) groups is 2. The van der Waals surface area contributed by atoms with Gasteiger partial charge in [0.2, 0.25) is 5.91 Å². The van der Waals surface area contributed by atoms with Crippen LogP contribution < -0.4 is 14.8 Å². The molecule has 1 aromatic heterocycles. The summed E-state index contributed by atoms with van der Waals surface area (Å²) in [6, 6.07) is 12.2. The van der Waals surface area contributed by atoms with Crippen molar-refractivity contribution in [2.75, 3.05) is 13.1 Å². The predicted molar refractivity (Wildman–Crippen MR) is 133 cm³/mol. The van der Waals surface area contributed by atoms with E-state index in [4.69, 9.17) is 11.6 Å². The number of hydrogen-bond donors (Lipinski definition) is 0. The molecular formula is C26H24ClFN2O3S. The fourth-order valence-corrected chi connectivity index (χ4v) is 4.97. The molecule has 0 saturated carbocycles. The molecule has 4 rings (SSSR count). The molecule has 8 heteroatoms. The SMILES string of the molecule is CC1CCN(C(=O)Cn2c(=O)/c(=C/c3ccc(F)cc3)s/c2=C\C(=O)c2ccc(Cl)cc2)CC1. The van der Waals surface area contributed by atoms with Gasteiger partial charge in [0.25, 0.3) is 5.56 Å². The fourth-order valence-electron chi connectivity index (χ4n) is 3.81. The number of benzene rings is 2. The summed E-state index contributed by atoms with van der Waals surface area (Å²) in [5, 5.41) is 0.516. The summed E-state index contributed by atoms with van der Waals surface area (Å²) in [5.41, 5.74) is 0.722. The van der Waals surface area contributed by atoms with E-state index in [9.17, 15) is 18.8 Å². The summed E-state index contributed by atoms with van der Waals surface area (Å²) >= 11 is 7.05. The molecule has 0 radical (unpaired) electrons. The molecule has 1 amide bonds. The topological polar surface area (TPSA) is 59.4 Å². The summed E-state index contributed by atoms with van der Waals surface area (Å²) < 4.78 is 15.4. The Labute approximate surface area is 205 Å². The zero-order chi connectivity index (χ0) is 24.2. The number of likely N-dealkylation sites (tertiary alicyclic amines) is 1. The van der Waals surface area contributed by atoms with Crippen molar-refractivity contribution in [3.63, 3.8) is 0 Å². The average Bonchev–Trinajstić information content (AvgIpc) is 3.10. The minimum atomic E-state index is -0.371. The van der Waals surface area contributed by atoms with Crippen molar-refractivity contribution in [2.24, 2.45) is 5.92 Å². The first kappa shape index (κ1) is 24.1. The predicted octanol–water partition coefficient (Wildman–Crippen LogP) is 3.45. The second-order valence-electron chi connectivity index (χ2n) is 8.47. The monoisotopic (exact) mass is 498 g/mol. The molecule has 2 heterocycles. The van der Waals surface area contributed by atoms with E-state index >= 15 is 0 Å². The van der Waals surface area contributed by atoms with Gasteiger partial charge in [-0.25, -0.2) is 4.39 Å². The Morgan fingerprint density at radius 1 is 1.09 bits per heavy atom. The number of halogens is 2. The summed E-state index contributed by atoms with van der Waals surface area (Å²) in [4.78, 5) is 40.9. The standard InChI is InChI=1S/C26H24ClFN2O3S/c1-17-10-12-29(13-11-17)24(32)16-30-25(15-22(31)19-4-6-20(27)7-5-19)34-23(26(30)33)14-18-2-8-21(28)9-3-18/h2-9,14-15,17H,10-13,16H2,1H3/b23-14-,25-15-. The van der Waals surface area contributed by atoms with Crippen LogP contribution in [0.5, 0.6) is 0 Å². The number of amides is 1. The van der Waals surface area contributed by atoms with Crippen LogP contribution >= 0.6 is 22.9 Å². The molecule has 0 spiro atoms.